The number of hydrogen-bond acceptors (Lipinski definition) is 6. The van der Waals surface area contributed by atoms with Crippen molar-refractivity contribution >= 4 is 35.4 Å². The fraction of sp³-hybridized carbons (Fsp3) is 0.857. The maximum atomic E-state index is 13.3. The van der Waals surface area contributed by atoms with Crippen molar-refractivity contribution in [3.8, 4) is 0 Å². The van der Waals surface area contributed by atoms with E-state index < -0.39 is 30.1 Å². The van der Waals surface area contributed by atoms with E-state index in [9.17, 15) is 24.3 Å². The first-order valence-corrected chi connectivity index (χ1v) is 15.4. The van der Waals surface area contributed by atoms with Gasteiger partial charge in [0.1, 0.15) is 12.1 Å². The van der Waals surface area contributed by atoms with Crippen molar-refractivity contribution in [1.29, 1.82) is 0 Å². The van der Waals surface area contributed by atoms with Gasteiger partial charge in [-0.05, 0) is 55.9 Å². The summed E-state index contributed by atoms with van der Waals surface area (Å²) in [5.41, 5.74) is 0. The van der Waals surface area contributed by atoms with Crippen LogP contribution in [0.5, 0.6) is 0 Å². The Kier molecular flexibility index (Phi) is 17.6. The number of rotatable bonds is 18. The Morgan fingerprint density at radius 2 is 1.37 bits per heavy atom. The molecule has 9 nitrogen and oxygen atoms in total. The van der Waals surface area contributed by atoms with Crippen LogP contribution in [-0.4, -0.2) is 71.5 Å². The van der Waals surface area contributed by atoms with E-state index in [-0.39, 0.29) is 53.7 Å². The zero-order valence-electron chi connectivity index (χ0n) is 25.2. The molecule has 0 saturated heterocycles. The molecule has 0 bridgehead atoms. The first-order chi connectivity index (χ1) is 17.7. The van der Waals surface area contributed by atoms with E-state index >= 15 is 0 Å². The molecule has 0 aromatic rings. The van der Waals surface area contributed by atoms with Crippen LogP contribution in [0.1, 0.15) is 81.6 Å². The number of aliphatic hydroxyl groups is 1. The lowest BCUT2D eigenvalue weighted by atomic mass is 9.91. The van der Waals surface area contributed by atoms with Gasteiger partial charge >= 0.3 is 0 Å². The van der Waals surface area contributed by atoms with E-state index in [1.807, 2.05) is 61.6 Å². The van der Waals surface area contributed by atoms with Gasteiger partial charge in [-0.3, -0.25) is 19.2 Å². The molecule has 0 fully saturated rings. The minimum Gasteiger partial charge on any atom is -0.391 e. The lowest BCUT2D eigenvalue weighted by Gasteiger charge is -2.30. The van der Waals surface area contributed by atoms with Crippen LogP contribution in [0, 0.1) is 29.6 Å². The molecule has 6 atom stereocenters. The third-order valence-electron chi connectivity index (χ3n) is 6.82. The van der Waals surface area contributed by atoms with Gasteiger partial charge < -0.3 is 26.4 Å². The predicted octanol–water partition coefficient (Wildman–Crippen LogP) is 2.71. The summed E-state index contributed by atoms with van der Waals surface area (Å²) in [6, 6.07) is -1.96. The quantitative estimate of drug-likeness (QED) is 0.175. The van der Waals surface area contributed by atoms with E-state index in [1.165, 1.54) is 0 Å². The third kappa shape index (κ3) is 13.3. The minimum absolute atomic E-state index is 0.0950. The molecule has 5 N–H and O–H groups in total. The Hall–Kier alpha value is -1.81. The average Bonchev–Trinajstić information content (AvgIpc) is 2.82. The van der Waals surface area contributed by atoms with Crippen molar-refractivity contribution in [3.63, 3.8) is 0 Å². The number of hydrogen-bond donors (Lipinski definition) is 5. The maximum Gasteiger partial charge on any atom is 0.242 e. The number of likely N-dealkylation sites (N-methyl/N-ethyl adjacent to an activating group) is 1. The molecule has 0 unspecified atom stereocenters. The molecule has 4 amide bonds. The van der Waals surface area contributed by atoms with Crippen LogP contribution in [0.4, 0.5) is 0 Å². The highest BCUT2D eigenvalue weighted by molar-refractivity contribution is 7.98. The van der Waals surface area contributed by atoms with Gasteiger partial charge in [-0.1, -0.05) is 55.4 Å². The second kappa shape index (κ2) is 18.5. The molecule has 0 saturated carbocycles. The molecular formula is C28H54N4O5S. The molecule has 0 aliphatic carbocycles. The first kappa shape index (κ1) is 36.2. The summed E-state index contributed by atoms with van der Waals surface area (Å²) in [4.78, 5) is 51.2. The van der Waals surface area contributed by atoms with Gasteiger partial charge in [0.2, 0.25) is 23.6 Å². The van der Waals surface area contributed by atoms with Crippen molar-refractivity contribution in [2.45, 2.75) is 106 Å². The van der Waals surface area contributed by atoms with Gasteiger partial charge in [-0.15, -0.1) is 0 Å². The van der Waals surface area contributed by atoms with Crippen molar-refractivity contribution in [3.05, 3.63) is 0 Å². The number of nitrogens with one attached hydrogen (secondary N) is 4. The van der Waals surface area contributed by atoms with Crippen molar-refractivity contribution in [2.24, 2.45) is 29.6 Å². The summed E-state index contributed by atoms with van der Waals surface area (Å²) in [7, 11) is 0. The van der Waals surface area contributed by atoms with Gasteiger partial charge in [-0.2, -0.15) is 11.8 Å². The molecule has 0 heterocycles. The summed E-state index contributed by atoms with van der Waals surface area (Å²) in [5.74, 6) is -0.937. The molecule has 0 aromatic carbocycles. The molecular weight excluding hydrogens is 504 g/mol. The molecule has 222 valence electrons. The Morgan fingerprint density at radius 3 is 1.84 bits per heavy atom. The molecule has 0 aromatic heterocycles. The second-order valence-electron chi connectivity index (χ2n) is 11.4. The molecule has 0 spiro atoms. The minimum atomic E-state index is -0.976. The molecule has 38 heavy (non-hydrogen) atoms. The van der Waals surface area contributed by atoms with Crippen LogP contribution < -0.4 is 21.3 Å². The fourth-order valence-electron chi connectivity index (χ4n) is 3.96. The highest BCUT2D eigenvalue weighted by atomic mass is 32.2. The predicted molar refractivity (Wildman–Crippen MR) is 156 cm³/mol. The van der Waals surface area contributed by atoms with Gasteiger partial charge in [0.25, 0.3) is 0 Å². The van der Waals surface area contributed by atoms with Gasteiger partial charge in [0.15, 0.2) is 0 Å². The summed E-state index contributed by atoms with van der Waals surface area (Å²) < 4.78 is 0. The Balaban J connectivity index is 5.49. The number of thioether (sulfide) groups is 1. The second-order valence-corrected chi connectivity index (χ2v) is 12.4. The largest absolute Gasteiger partial charge is 0.391 e. The maximum absolute atomic E-state index is 13.3. The average molecular weight is 559 g/mol. The summed E-state index contributed by atoms with van der Waals surface area (Å²) >= 11 is 1.59. The third-order valence-corrected chi connectivity index (χ3v) is 7.46. The van der Waals surface area contributed by atoms with Crippen LogP contribution in [0.3, 0.4) is 0 Å². The van der Waals surface area contributed by atoms with E-state index in [4.69, 9.17) is 0 Å². The molecule has 0 rings (SSSR count). The van der Waals surface area contributed by atoms with E-state index in [0.29, 0.717) is 25.1 Å². The topological polar surface area (TPSA) is 137 Å². The number of carbonyl (C=O) groups excluding carboxylic acids is 4. The first-order valence-electron chi connectivity index (χ1n) is 14.0. The van der Waals surface area contributed by atoms with Crippen molar-refractivity contribution in [1.82, 2.24) is 21.3 Å². The molecule has 10 heteroatoms. The zero-order valence-corrected chi connectivity index (χ0v) is 26.0. The van der Waals surface area contributed by atoms with Gasteiger partial charge in [-0.25, -0.2) is 0 Å². The molecule has 0 aliphatic rings. The monoisotopic (exact) mass is 558 g/mol. The number of amides is 4. The Morgan fingerprint density at radius 1 is 0.763 bits per heavy atom. The Labute approximate surface area is 234 Å². The van der Waals surface area contributed by atoms with Crippen LogP contribution in [0.25, 0.3) is 0 Å². The smallest absolute Gasteiger partial charge is 0.242 e. The van der Waals surface area contributed by atoms with E-state index in [0.717, 1.165) is 0 Å². The van der Waals surface area contributed by atoms with Crippen molar-refractivity contribution in [2.75, 3.05) is 18.6 Å². The van der Waals surface area contributed by atoms with Crippen LogP contribution in [0.15, 0.2) is 0 Å². The summed E-state index contributed by atoms with van der Waals surface area (Å²) in [5, 5.41) is 22.5. The van der Waals surface area contributed by atoms with Crippen LogP contribution >= 0.6 is 11.8 Å². The number of aliphatic hydroxyl groups excluding tert-OH is 1. The normalized spacial score (nSPS) is 16.4. The SMILES string of the molecule is CCNC(=O)[C@@H](NC(=O)[C@H](C)C[C@H](O)[C@H](CC(C)C)NC(=O)[C@H](CCSC)NC(=O)[C@@H](C)C(C)C)C(C)C. The van der Waals surface area contributed by atoms with E-state index in [1.54, 1.807) is 18.7 Å². The van der Waals surface area contributed by atoms with Crippen LogP contribution in [0.2, 0.25) is 0 Å². The lowest BCUT2D eigenvalue weighted by molar-refractivity contribution is -0.133. The Bertz CT molecular complexity index is 747. The zero-order chi connectivity index (χ0) is 29.6. The van der Waals surface area contributed by atoms with Crippen molar-refractivity contribution < 1.29 is 24.3 Å². The fourth-order valence-corrected chi connectivity index (χ4v) is 4.43. The highest BCUT2D eigenvalue weighted by Crippen LogP contribution is 2.17. The summed E-state index contributed by atoms with van der Waals surface area (Å²) in [6.07, 6.45) is 2.08. The molecule has 0 aliphatic heterocycles. The molecule has 0 radical (unpaired) electrons. The summed E-state index contributed by atoms with van der Waals surface area (Å²) in [6.45, 7) is 17.5. The van der Waals surface area contributed by atoms with Crippen LogP contribution in [-0.2, 0) is 19.2 Å². The van der Waals surface area contributed by atoms with Gasteiger partial charge in [0, 0.05) is 18.4 Å². The standard InChI is InChI=1S/C28H54N4O5S/c1-11-29-28(37)24(18(6)7)32-25(34)19(8)15-23(33)22(14-16(2)3)31-27(36)21(12-13-38-10)30-26(35)20(9)17(4)5/h16-24,33H,11-15H2,1-10H3,(H,29,37)(H,30,35)(H,31,36)(H,32,34)/t19-,20+,21+,22+,23+,24+/m1/s1. The lowest BCUT2D eigenvalue weighted by Crippen LogP contribution is -2.54. The highest BCUT2D eigenvalue weighted by Gasteiger charge is 2.32. The van der Waals surface area contributed by atoms with E-state index in [2.05, 4.69) is 21.3 Å². The van der Waals surface area contributed by atoms with Gasteiger partial charge in [0.05, 0.1) is 12.1 Å². The number of carbonyl (C=O) groups is 4.